The molecule has 2 amide bonds. The quantitative estimate of drug-likeness (QED) is 0.333. The highest BCUT2D eigenvalue weighted by Gasteiger charge is 2.66. The number of aliphatic hydroxyl groups is 1. The summed E-state index contributed by atoms with van der Waals surface area (Å²) in [5, 5.41) is 17.6. The predicted molar refractivity (Wildman–Crippen MR) is 174 cm³/mol. The Balaban J connectivity index is 1.29. The number of fused-ring (bicyclic) bond motifs is 2. The van der Waals surface area contributed by atoms with Gasteiger partial charge in [-0.1, -0.05) is 55.3 Å². The second-order valence-electron chi connectivity index (χ2n) is 13.4. The molecule has 3 aliphatic heterocycles. The number of aryl methyl sites for hydroxylation is 1. The molecule has 2 N–H and O–H groups in total. The maximum Gasteiger partial charge on any atom is 0.264 e. The predicted octanol–water partition coefficient (Wildman–Crippen LogP) is 4.54. The van der Waals surface area contributed by atoms with Gasteiger partial charge in [0.1, 0.15) is 0 Å². The first kappa shape index (κ1) is 31.6. The van der Waals surface area contributed by atoms with Crippen LogP contribution in [0.1, 0.15) is 62.3 Å². The van der Waals surface area contributed by atoms with Crippen molar-refractivity contribution in [2.75, 3.05) is 23.0 Å². The standard InChI is InChI=1S/C34H45N5O5Si/c1-24-32(45(2,3)43)30(16-19-37-23-26(17-20-40)35-36-37)44-34(24)28-13-7-8-14-29(28)39(33(34)42)22-25-11-10-12-27(21-25)38-18-9-5-4-6-15-31(38)41/h7-8,10-14,21,23-24,30,32,40,43H,4-6,9,15-20,22H2,1-3H3/t24-,30+,32-,34+/m0/s1. The number of hydrogen-bond acceptors (Lipinski definition) is 7. The molecule has 2 fully saturated rings. The molecule has 0 bridgehead atoms. The lowest BCUT2D eigenvalue weighted by Crippen LogP contribution is -2.46. The van der Waals surface area contributed by atoms with Crippen LogP contribution >= 0.6 is 0 Å². The first-order valence-corrected chi connectivity index (χ1v) is 19.4. The average molecular weight is 632 g/mol. The van der Waals surface area contributed by atoms with Gasteiger partial charge in [-0.25, -0.2) is 0 Å². The molecule has 3 aliphatic rings. The third-order valence-electron chi connectivity index (χ3n) is 9.87. The van der Waals surface area contributed by atoms with E-state index in [1.54, 1.807) is 4.68 Å². The van der Waals surface area contributed by atoms with Crippen LogP contribution in [0.25, 0.3) is 0 Å². The molecule has 10 nitrogen and oxygen atoms in total. The number of benzene rings is 2. The fraction of sp³-hybridized carbons (Fsp3) is 0.529. The first-order valence-electron chi connectivity index (χ1n) is 16.3. The molecule has 4 atom stereocenters. The summed E-state index contributed by atoms with van der Waals surface area (Å²) in [6.45, 7) is 7.51. The van der Waals surface area contributed by atoms with Crippen molar-refractivity contribution < 1.29 is 24.2 Å². The maximum absolute atomic E-state index is 14.7. The van der Waals surface area contributed by atoms with Crippen molar-refractivity contribution >= 4 is 31.5 Å². The number of nitrogens with zero attached hydrogens (tertiary/aromatic N) is 5. The van der Waals surface area contributed by atoms with Crippen LogP contribution < -0.4 is 9.80 Å². The minimum absolute atomic E-state index is 0.00946. The van der Waals surface area contributed by atoms with Gasteiger partial charge in [-0.2, -0.15) is 0 Å². The first-order chi connectivity index (χ1) is 21.6. The largest absolute Gasteiger partial charge is 0.432 e. The lowest BCUT2D eigenvalue weighted by molar-refractivity contribution is -0.146. The van der Waals surface area contributed by atoms with E-state index in [9.17, 15) is 19.5 Å². The Kier molecular flexibility index (Phi) is 8.97. The molecule has 45 heavy (non-hydrogen) atoms. The summed E-state index contributed by atoms with van der Waals surface area (Å²) in [7, 11) is -2.79. The Bertz CT molecular complexity index is 1540. The van der Waals surface area contributed by atoms with E-state index in [-0.39, 0.29) is 36.0 Å². The maximum atomic E-state index is 14.7. The van der Waals surface area contributed by atoms with Crippen molar-refractivity contribution in [1.82, 2.24) is 15.0 Å². The summed E-state index contributed by atoms with van der Waals surface area (Å²) in [6.07, 6.45) is 7.18. The van der Waals surface area contributed by atoms with Crippen molar-refractivity contribution in [2.45, 2.75) is 95.3 Å². The molecular weight excluding hydrogens is 586 g/mol. The molecule has 11 heteroatoms. The lowest BCUT2D eigenvalue weighted by Gasteiger charge is -2.32. The number of rotatable bonds is 9. The number of aliphatic hydroxyl groups excluding tert-OH is 1. The molecule has 2 aromatic carbocycles. The van der Waals surface area contributed by atoms with Gasteiger partial charge in [-0.05, 0) is 56.1 Å². The topological polar surface area (TPSA) is 121 Å². The smallest absolute Gasteiger partial charge is 0.264 e. The Morgan fingerprint density at radius 1 is 1.07 bits per heavy atom. The lowest BCUT2D eigenvalue weighted by atomic mass is 9.82. The van der Waals surface area contributed by atoms with E-state index in [1.807, 2.05) is 77.6 Å². The third-order valence-corrected chi connectivity index (χ3v) is 12.4. The van der Waals surface area contributed by atoms with Crippen LogP contribution in [0.15, 0.2) is 54.7 Å². The molecule has 0 aliphatic carbocycles. The van der Waals surface area contributed by atoms with E-state index >= 15 is 0 Å². The molecule has 4 heterocycles. The number of amides is 2. The van der Waals surface area contributed by atoms with E-state index in [4.69, 9.17) is 4.74 Å². The zero-order valence-electron chi connectivity index (χ0n) is 26.6. The molecule has 6 rings (SSSR count). The molecular formula is C34H45N5O5Si. The van der Waals surface area contributed by atoms with Gasteiger partial charge in [0.25, 0.3) is 5.91 Å². The Morgan fingerprint density at radius 3 is 2.67 bits per heavy atom. The number of hydrogen-bond donors (Lipinski definition) is 2. The van der Waals surface area contributed by atoms with Crippen LogP contribution in [0, 0.1) is 5.92 Å². The molecule has 0 saturated carbocycles. The van der Waals surface area contributed by atoms with Gasteiger partial charge < -0.3 is 24.4 Å². The van der Waals surface area contributed by atoms with Crippen molar-refractivity contribution in [2.24, 2.45) is 5.92 Å². The molecule has 2 saturated heterocycles. The van der Waals surface area contributed by atoms with Crippen molar-refractivity contribution in [3.8, 4) is 0 Å². The van der Waals surface area contributed by atoms with Crippen LogP contribution in [0.3, 0.4) is 0 Å². The van der Waals surface area contributed by atoms with Gasteiger partial charge in [-0.3, -0.25) is 14.3 Å². The zero-order valence-corrected chi connectivity index (χ0v) is 27.6. The summed E-state index contributed by atoms with van der Waals surface area (Å²) in [5.41, 5.74) is 2.82. The van der Waals surface area contributed by atoms with Crippen molar-refractivity contribution in [3.63, 3.8) is 0 Å². The Hall–Kier alpha value is -3.38. The second kappa shape index (κ2) is 12.8. The van der Waals surface area contributed by atoms with E-state index in [0.717, 1.165) is 53.9 Å². The fourth-order valence-electron chi connectivity index (χ4n) is 7.83. The van der Waals surface area contributed by atoms with Crippen LogP contribution in [-0.2, 0) is 39.4 Å². The normalized spacial score (nSPS) is 25.6. The van der Waals surface area contributed by atoms with Crippen LogP contribution in [-0.4, -0.2) is 64.3 Å². The summed E-state index contributed by atoms with van der Waals surface area (Å²) >= 11 is 0. The minimum atomic E-state index is -2.79. The van der Waals surface area contributed by atoms with Crippen molar-refractivity contribution in [1.29, 1.82) is 0 Å². The van der Waals surface area contributed by atoms with E-state index < -0.39 is 13.9 Å². The number of ether oxygens (including phenoxy) is 1. The van der Waals surface area contributed by atoms with Gasteiger partial charge in [0, 0.05) is 61.4 Å². The SMILES string of the molecule is C[C@H]1[C@H]([Si](C)(C)O)[C@@H](CCn2cc(CCO)nn2)O[C@]12C(=O)N(Cc1cccc(N3CCCCCCC3=O)c1)c1ccccc12. The molecule has 0 radical (unpaired) electrons. The third kappa shape index (κ3) is 5.98. The summed E-state index contributed by atoms with van der Waals surface area (Å²) in [6, 6.07) is 15.9. The van der Waals surface area contributed by atoms with E-state index in [2.05, 4.69) is 17.2 Å². The average Bonchev–Trinajstić information content (AvgIpc) is 3.64. The Morgan fingerprint density at radius 2 is 1.87 bits per heavy atom. The van der Waals surface area contributed by atoms with Gasteiger partial charge >= 0.3 is 0 Å². The van der Waals surface area contributed by atoms with E-state index in [0.29, 0.717) is 38.9 Å². The number of aromatic nitrogens is 3. The highest BCUT2D eigenvalue weighted by molar-refractivity contribution is 6.71. The fourth-order valence-corrected chi connectivity index (χ4v) is 10.4. The minimum Gasteiger partial charge on any atom is -0.432 e. The van der Waals surface area contributed by atoms with Gasteiger partial charge in [-0.15, -0.1) is 5.10 Å². The zero-order chi connectivity index (χ0) is 31.8. The summed E-state index contributed by atoms with van der Waals surface area (Å²) < 4.78 is 8.68. The number of anilines is 2. The monoisotopic (exact) mass is 631 g/mol. The van der Waals surface area contributed by atoms with Crippen LogP contribution in [0.4, 0.5) is 11.4 Å². The van der Waals surface area contributed by atoms with Crippen molar-refractivity contribution in [3.05, 3.63) is 71.5 Å². The number of para-hydroxylation sites is 1. The highest BCUT2D eigenvalue weighted by Crippen LogP contribution is 2.59. The number of carbonyl (C=O) groups is 2. The molecule has 1 spiro atoms. The van der Waals surface area contributed by atoms with Gasteiger partial charge in [0.05, 0.1) is 24.0 Å². The van der Waals surface area contributed by atoms with Gasteiger partial charge in [0.15, 0.2) is 13.9 Å². The molecule has 0 unspecified atom stereocenters. The Labute approximate surface area is 266 Å². The van der Waals surface area contributed by atoms with Gasteiger partial charge in [0.2, 0.25) is 5.91 Å². The molecule has 240 valence electrons. The molecule has 3 aromatic rings. The summed E-state index contributed by atoms with van der Waals surface area (Å²) in [5.74, 6) is -0.204. The summed E-state index contributed by atoms with van der Waals surface area (Å²) in [4.78, 5) is 43.0. The van der Waals surface area contributed by atoms with Crippen LogP contribution in [0.2, 0.25) is 18.6 Å². The highest BCUT2D eigenvalue weighted by atomic mass is 28.4. The second-order valence-corrected chi connectivity index (χ2v) is 17.4. The number of carbonyl (C=O) groups excluding carboxylic acids is 2. The molecule has 1 aromatic heterocycles. The van der Waals surface area contributed by atoms with E-state index in [1.165, 1.54) is 0 Å². The van der Waals surface area contributed by atoms with Crippen LogP contribution in [0.5, 0.6) is 0 Å².